The van der Waals surface area contributed by atoms with Crippen LogP contribution in [-0.4, -0.2) is 29.4 Å². The number of carbonyl (C=O) groups excluding carboxylic acids is 2. The summed E-state index contributed by atoms with van der Waals surface area (Å²) < 4.78 is 0. The quantitative estimate of drug-likeness (QED) is 0.0471. The molecule has 414 valence electrons. The van der Waals surface area contributed by atoms with E-state index in [1.807, 2.05) is 0 Å². The van der Waals surface area contributed by atoms with E-state index in [0.717, 1.165) is 57.8 Å². The van der Waals surface area contributed by atoms with Crippen molar-refractivity contribution in [1.82, 2.24) is 5.32 Å². The normalized spacial score (nSPS) is 12.3. The number of aliphatic hydroxyl groups excluding tert-OH is 1. The Morgan fingerprint density at radius 1 is 0.329 bits per heavy atom. The number of unbranched alkanes of at least 4 members (excludes halogenated alkanes) is 47. The lowest BCUT2D eigenvalue weighted by atomic mass is 10.0. The molecule has 0 aromatic heterocycles. The van der Waals surface area contributed by atoms with E-state index in [-0.39, 0.29) is 5.91 Å². The monoisotopic (exact) mass is 982 g/mol. The average Bonchev–Trinajstić information content (AvgIpc) is 3.36. The molecule has 0 heterocycles. The highest BCUT2D eigenvalue weighted by molar-refractivity contribution is 5.78. The van der Waals surface area contributed by atoms with Gasteiger partial charge in [0.15, 0.2) is 0 Å². The summed E-state index contributed by atoms with van der Waals surface area (Å²) >= 11 is 0. The van der Waals surface area contributed by atoms with Crippen LogP contribution in [0.25, 0.3) is 0 Å². The molecule has 0 unspecified atom stereocenters. The first kappa shape index (κ1) is 68.6. The Bertz CT molecular complexity index is 1070. The van der Waals surface area contributed by atoms with Crippen LogP contribution in [-0.2, 0) is 9.59 Å². The van der Waals surface area contributed by atoms with Crippen molar-refractivity contribution in [2.24, 2.45) is 0 Å². The lowest BCUT2D eigenvalue weighted by Crippen LogP contribution is -2.31. The molecule has 2 N–H and O–H groups in total. The molecule has 1 amide bonds. The minimum absolute atomic E-state index is 0.116. The molecule has 0 aliphatic heterocycles. The molecule has 0 fully saturated rings. The van der Waals surface area contributed by atoms with Gasteiger partial charge in [0.1, 0.15) is 5.78 Å². The standard InChI is InChI=1S/C66H127NO3/c1-3-5-7-9-11-13-15-17-32-36-39-43-47-51-55-59-64(68)60-56-52-48-44-40-37-33-30-28-26-24-22-20-19-21-23-25-27-29-31-34-38-42-46-50-54-58-62-66(70)67-63-65(69)61-57-53-49-45-41-35-18-16-14-12-10-8-6-4-2/h11,13,17,32,65,69H,3-10,12,14-16,18-31,33-63H2,1-2H3,(H,67,70)/b13-11-,32-17-/t65-/m1/s1. The molecule has 0 aliphatic carbocycles. The number of ketones is 1. The SMILES string of the molecule is CCCCC/C=C\C/C=C\CCCCCCCC(=O)CCCCCCCCCCCCCCCCCCCCCCCCCCCCCC(=O)NC[C@H](O)CCCCCCCCCCCCCCCC. The average molecular weight is 983 g/mol. The van der Waals surface area contributed by atoms with Gasteiger partial charge < -0.3 is 10.4 Å². The smallest absolute Gasteiger partial charge is 0.220 e. The van der Waals surface area contributed by atoms with Gasteiger partial charge >= 0.3 is 0 Å². The van der Waals surface area contributed by atoms with Gasteiger partial charge in [-0.15, -0.1) is 0 Å². The Morgan fingerprint density at radius 2 is 0.586 bits per heavy atom. The first-order chi connectivity index (χ1) is 34.6. The van der Waals surface area contributed by atoms with Crippen LogP contribution in [0.3, 0.4) is 0 Å². The largest absolute Gasteiger partial charge is 0.391 e. The maximum Gasteiger partial charge on any atom is 0.220 e. The van der Waals surface area contributed by atoms with Crippen molar-refractivity contribution >= 4 is 11.7 Å². The van der Waals surface area contributed by atoms with Crippen LogP contribution in [0.5, 0.6) is 0 Å². The maximum absolute atomic E-state index is 12.3. The number of amides is 1. The zero-order valence-corrected chi connectivity index (χ0v) is 48.0. The molecule has 4 nitrogen and oxygen atoms in total. The van der Waals surface area contributed by atoms with Gasteiger partial charge in [-0.25, -0.2) is 0 Å². The Balaban J connectivity index is 3.24. The fourth-order valence-electron chi connectivity index (χ4n) is 10.3. The van der Waals surface area contributed by atoms with E-state index >= 15 is 0 Å². The Kier molecular flexibility index (Phi) is 60.6. The van der Waals surface area contributed by atoms with Crippen LogP contribution >= 0.6 is 0 Å². The molecule has 4 heteroatoms. The number of allylic oxidation sites excluding steroid dienone is 4. The van der Waals surface area contributed by atoms with Crippen LogP contribution in [0.15, 0.2) is 24.3 Å². The van der Waals surface area contributed by atoms with Crippen LogP contribution in [0, 0.1) is 0 Å². The second-order valence-corrected chi connectivity index (χ2v) is 22.4. The minimum Gasteiger partial charge on any atom is -0.391 e. The summed E-state index contributed by atoms with van der Waals surface area (Å²) in [4.78, 5) is 24.5. The van der Waals surface area contributed by atoms with Gasteiger partial charge in [-0.05, 0) is 57.8 Å². The first-order valence-corrected chi connectivity index (χ1v) is 32.4. The van der Waals surface area contributed by atoms with Crippen molar-refractivity contribution in [3.8, 4) is 0 Å². The van der Waals surface area contributed by atoms with Gasteiger partial charge in [-0.1, -0.05) is 321 Å². The summed E-state index contributed by atoms with van der Waals surface area (Å²) in [6, 6.07) is 0. The third kappa shape index (κ3) is 60.9. The summed E-state index contributed by atoms with van der Waals surface area (Å²) in [6.07, 6.45) is 81.3. The fourth-order valence-corrected chi connectivity index (χ4v) is 10.3. The highest BCUT2D eigenvalue weighted by Gasteiger charge is 2.08. The Hall–Kier alpha value is -1.42. The summed E-state index contributed by atoms with van der Waals surface area (Å²) in [5, 5.41) is 13.3. The lowest BCUT2D eigenvalue weighted by Gasteiger charge is -2.12. The maximum atomic E-state index is 12.3. The third-order valence-electron chi connectivity index (χ3n) is 15.2. The molecular formula is C66H127NO3. The van der Waals surface area contributed by atoms with Gasteiger partial charge in [0.05, 0.1) is 6.10 Å². The number of aliphatic hydroxyl groups is 1. The van der Waals surface area contributed by atoms with Gasteiger partial charge in [0, 0.05) is 25.8 Å². The molecular weight excluding hydrogens is 855 g/mol. The van der Waals surface area contributed by atoms with Crippen molar-refractivity contribution in [3.05, 3.63) is 24.3 Å². The zero-order valence-electron chi connectivity index (χ0n) is 48.0. The molecule has 0 saturated heterocycles. The summed E-state index contributed by atoms with van der Waals surface area (Å²) in [6.45, 7) is 4.97. The third-order valence-corrected chi connectivity index (χ3v) is 15.2. The van der Waals surface area contributed by atoms with Crippen molar-refractivity contribution in [3.63, 3.8) is 0 Å². The lowest BCUT2D eigenvalue weighted by molar-refractivity contribution is -0.121. The Morgan fingerprint density at radius 3 is 0.929 bits per heavy atom. The molecule has 0 spiro atoms. The second kappa shape index (κ2) is 61.9. The molecule has 0 rings (SSSR count). The summed E-state index contributed by atoms with van der Waals surface area (Å²) in [7, 11) is 0. The van der Waals surface area contributed by atoms with Crippen molar-refractivity contribution < 1.29 is 14.7 Å². The van der Waals surface area contributed by atoms with E-state index in [9.17, 15) is 14.7 Å². The number of carbonyl (C=O) groups is 2. The molecule has 0 radical (unpaired) electrons. The molecule has 0 bridgehead atoms. The molecule has 70 heavy (non-hydrogen) atoms. The zero-order chi connectivity index (χ0) is 50.6. The van der Waals surface area contributed by atoms with Gasteiger partial charge in [-0.2, -0.15) is 0 Å². The number of Topliss-reactive ketones (excluding diaryl/α,β-unsaturated/α-hetero) is 1. The van der Waals surface area contributed by atoms with E-state index in [1.165, 1.54) is 295 Å². The van der Waals surface area contributed by atoms with Crippen LogP contribution in [0.1, 0.15) is 373 Å². The van der Waals surface area contributed by atoms with Gasteiger partial charge in [-0.3, -0.25) is 9.59 Å². The van der Waals surface area contributed by atoms with E-state index in [4.69, 9.17) is 0 Å². The molecule has 0 aliphatic rings. The van der Waals surface area contributed by atoms with E-state index in [1.54, 1.807) is 0 Å². The van der Waals surface area contributed by atoms with Crippen LogP contribution in [0.4, 0.5) is 0 Å². The summed E-state index contributed by atoms with van der Waals surface area (Å²) in [5.41, 5.74) is 0. The first-order valence-electron chi connectivity index (χ1n) is 32.4. The van der Waals surface area contributed by atoms with Crippen LogP contribution < -0.4 is 5.32 Å². The highest BCUT2D eigenvalue weighted by atomic mass is 16.3. The minimum atomic E-state index is -0.391. The highest BCUT2D eigenvalue weighted by Crippen LogP contribution is 2.18. The molecule has 0 saturated carbocycles. The van der Waals surface area contributed by atoms with Gasteiger partial charge in [0.25, 0.3) is 0 Å². The fraction of sp³-hybridized carbons (Fsp3) is 0.909. The number of hydrogen-bond donors (Lipinski definition) is 2. The predicted molar refractivity (Wildman–Crippen MR) is 312 cm³/mol. The topological polar surface area (TPSA) is 66.4 Å². The number of rotatable bonds is 61. The van der Waals surface area contributed by atoms with E-state index in [2.05, 4.69) is 43.5 Å². The van der Waals surface area contributed by atoms with Crippen molar-refractivity contribution in [2.45, 2.75) is 380 Å². The number of nitrogens with one attached hydrogen (secondary N) is 1. The van der Waals surface area contributed by atoms with Crippen molar-refractivity contribution in [2.75, 3.05) is 6.54 Å². The molecule has 0 aromatic rings. The van der Waals surface area contributed by atoms with Gasteiger partial charge in [0.2, 0.25) is 5.91 Å². The van der Waals surface area contributed by atoms with E-state index in [0.29, 0.717) is 18.7 Å². The summed E-state index contributed by atoms with van der Waals surface area (Å²) in [5.74, 6) is 0.623. The Labute approximate surface area is 440 Å². The van der Waals surface area contributed by atoms with Crippen molar-refractivity contribution in [1.29, 1.82) is 0 Å². The number of hydrogen-bond acceptors (Lipinski definition) is 3. The molecule has 0 aromatic carbocycles. The predicted octanol–water partition coefficient (Wildman–Crippen LogP) is 22.0. The van der Waals surface area contributed by atoms with Crippen LogP contribution in [0.2, 0.25) is 0 Å². The molecule has 1 atom stereocenters. The van der Waals surface area contributed by atoms with E-state index < -0.39 is 6.10 Å². The second-order valence-electron chi connectivity index (χ2n) is 22.4.